The highest BCUT2D eigenvalue weighted by atomic mass is 16.5. The van der Waals surface area contributed by atoms with Gasteiger partial charge in [-0.3, -0.25) is 4.79 Å². The van der Waals surface area contributed by atoms with Crippen molar-refractivity contribution in [3.8, 4) is 5.75 Å². The molecule has 0 radical (unpaired) electrons. The number of fused-ring (bicyclic) bond motifs is 1. The van der Waals surface area contributed by atoms with Gasteiger partial charge in [-0.1, -0.05) is 6.07 Å². The molecule has 0 fully saturated rings. The van der Waals surface area contributed by atoms with Gasteiger partial charge in [0.15, 0.2) is 0 Å². The van der Waals surface area contributed by atoms with E-state index in [4.69, 9.17) is 9.47 Å². The number of aryl methyl sites for hydroxylation is 2. The first-order chi connectivity index (χ1) is 11.0. The van der Waals surface area contributed by atoms with E-state index in [0.29, 0.717) is 12.8 Å². The van der Waals surface area contributed by atoms with Crippen LogP contribution in [0, 0.1) is 0 Å². The van der Waals surface area contributed by atoms with Gasteiger partial charge in [-0.05, 0) is 44.1 Å². The zero-order chi connectivity index (χ0) is 17.0. The molecule has 2 aromatic rings. The van der Waals surface area contributed by atoms with Crippen molar-refractivity contribution < 1.29 is 14.3 Å². The Balaban J connectivity index is 2.44. The van der Waals surface area contributed by atoms with Crippen LogP contribution in [0.5, 0.6) is 5.75 Å². The molecule has 1 heterocycles. The second kappa shape index (κ2) is 7.51. The quantitative estimate of drug-likeness (QED) is 0.735. The monoisotopic (exact) mass is 318 g/mol. The molecule has 126 valence electrons. The fourth-order valence-corrected chi connectivity index (χ4v) is 2.94. The van der Waals surface area contributed by atoms with E-state index in [1.165, 1.54) is 12.7 Å². The molecular formula is C18H26N2O3. The Morgan fingerprint density at radius 1 is 1.17 bits per heavy atom. The van der Waals surface area contributed by atoms with Crippen molar-refractivity contribution in [1.29, 1.82) is 0 Å². The summed E-state index contributed by atoms with van der Waals surface area (Å²) in [6, 6.07) is 4.04. The predicted molar refractivity (Wildman–Crippen MR) is 92.1 cm³/mol. The normalized spacial score (nSPS) is 11.2. The SMILES string of the molecule is COC(=O)CCc1ccc(OC)c2c(CCN(C)C)cn(C)c12. The lowest BCUT2D eigenvalue weighted by Gasteiger charge is -2.11. The van der Waals surface area contributed by atoms with Crippen molar-refractivity contribution in [3.05, 3.63) is 29.5 Å². The summed E-state index contributed by atoms with van der Waals surface area (Å²) in [5.74, 6) is 0.701. The van der Waals surface area contributed by atoms with Crippen LogP contribution in [-0.2, 0) is 29.4 Å². The summed E-state index contributed by atoms with van der Waals surface area (Å²) in [7, 11) is 9.32. The van der Waals surface area contributed by atoms with E-state index < -0.39 is 0 Å². The maximum Gasteiger partial charge on any atom is 0.305 e. The Kier molecular flexibility index (Phi) is 5.66. The number of ether oxygens (including phenoxy) is 2. The Morgan fingerprint density at radius 3 is 2.52 bits per heavy atom. The van der Waals surface area contributed by atoms with Crippen LogP contribution < -0.4 is 4.74 Å². The third-order valence-electron chi connectivity index (χ3n) is 4.12. The van der Waals surface area contributed by atoms with Gasteiger partial charge in [0, 0.05) is 31.6 Å². The van der Waals surface area contributed by atoms with E-state index in [1.54, 1.807) is 7.11 Å². The Hall–Kier alpha value is -2.01. The van der Waals surface area contributed by atoms with Crippen LogP contribution in [0.25, 0.3) is 10.9 Å². The van der Waals surface area contributed by atoms with Gasteiger partial charge in [0.1, 0.15) is 5.75 Å². The number of likely N-dealkylation sites (N-methyl/N-ethyl adjacent to an activating group) is 1. The van der Waals surface area contributed by atoms with Crippen LogP contribution >= 0.6 is 0 Å². The van der Waals surface area contributed by atoms with Gasteiger partial charge in [0.25, 0.3) is 0 Å². The summed E-state index contributed by atoms with van der Waals surface area (Å²) in [6.07, 6.45) is 4.17. The van der Waals surface area contributed by atoms with Gasteiger partial charge >= 0.3 is 5.97 Å². The summed E-state index contributed by atoms with van der Waals surface area (Å²) < 4.78 is 12.5. The van der Waals surface area contributed by atoms with Crippen LogP contribution in [0.1, 0.15) is 17.5 Å². The third kappa shape index (κ3) is 3.85. The minimum Gasteiger partial charge on any atom is -0.496 e. The predicted octanol–water partition coefficient (Wildman–Crippen LogP) is 2.40. The Morgan fingerprint density at radius 2 is 1.91 bits per heavy atom. The van der Waals surface area contributed by atoms with Crippen molar-refractivity contribution in [2.75, 3.05) is 34.9 Å². The smallest absolute Gasteiger partial charge is 0.305 e. The number of esters is 1. The summed E-state index contributed by atoms with van der Waals surface area (Å²) in [4.78, 5) is 13.6. The summed E-state index contributed by atoms with van der Waals surface area (Å²) in [5, 5.41) is 1.15. The van der Waals surface area contributed by atoms with Gasteiger partial charge in [-0.15, -0.1) is 0 Å². The average molecular weight is 318 g/mol. The average Bonchev–Trinajstić information content (AvgIpc) is 2.87. The molecule has 0 spiro atoms. The van der Waals surface area contributed by atoms with Crippen LogP contribution in [0.2, 0.25) is 0 Å². The standard InChI is InChI=1S/C18H26N2O3/c1-19(2)11-10-14-12-20(3)18-13(7-9-16(21)23-5)6-8-15(22-4)17(14)18/h6,8,12H,7,9-11H2,1-5H3. The lowest BCUT2D eigenvalue weighted by Crippen LogP contribution is -2.14. The fraction of sp³-hybridized carbons (Fsp3) is 0.500. The maximum atomic E-state index is 11.5. The van der Waals surface area contributed by atoms with Crippen LogP contribution in [0.15, 0.2) is 18.3 Å². The largest absolute Gasteiger partial charge is 0.496 e. The van der Waals surface area contributed by atoms with Crippen molar-refractivity contribution in [3.63, 3.8) is 0 Å². The zero-order valence-electron chi connectivity index (χ0n) is 14.7. The molecule has 0 aliphatic rings. The molecule has 0 unspecified atom stereocenters. The van der Waals surface area contributed by atoms with Crippen LogP contribution in [-0.4, -0.2) is 50.3 Å². The first kappa shape index (κ1) is 17.3. The van der Waals surface area contributed by atoms with Gasteiger partial charge in [0.05, 0.1) is 19.7 Å². The minimum absolute atomic E-state index is 0.184. The topological polar surface area (TPSA) is 43.7 Å². The molecule has 0 aliphatic heterocycles. The number of aromatic nitrogens is 1. The highest BCUT2D eigenvalue weighted by Crippen LogP contribution is 2.33. The number of methoxy groups -OCH3 is 2. The Labute approximate surface area is 137 Å². The second-order valence-corrected chi connectivity index (χ2v) is 6.05. The van der Waals surface area contributed by atoms with E-state index >= 15 is 0 Å². The first-order valence-electron chi connectivity index (χ1n) is 7.83. The van der Waals surface area contributed by atoms with Gasteiger partial charge in [0.2, 0.25) is 0 Å². The molecule has 0 amide bonds. The van der Waals surface area contributed by atoms with Crippen molar-refractivity contribution >= 4 is 16.9 Å². The molecule has 0 N–H and O–H groups in total. The number of hydrogen-bond acceptors (Lipinski definition) is 4. The van der Waals surface area contributed by atoms with Crippen molar-refractivity contribution in [2.45, 2.75) is 19.3 Å². The summed E-state index contributed by atoms with van der Waals surface area (Å²) in [6.45, 7) is 0.981. The molecular weight excluding hydrogens is 292 g/mol. The molecule has 1 aromatic heterocycles. The number of carbonyl (C=O) groups excluding carboxylic acids is 1. The molecule has 0 aliphatic carbocycles. The minimum atomic E-state index is -0.184. The van der Waals surface area contributed by atoms with E-state index in [0.717, 1.165) is 35.2 Å². The van der Waals surface area contributed by atoms with Gasteiger partial charge < -0.3 is 18.9 Å². The van der Waals surface area contributed by atoms with E-state index in [2.05, 4.69) is 29.8 Å². The van der Waals surface area contributed by atoms with Crippen LogP contribution in [0.3, 0.4) is 0 Å². The number of carbonyl (C=O) groups is 1. The lowest BCUT2D eigenvalue weighted by molar-refractivity contribution is -0.140. The molecule has 0 saturated carbocycles. The van der Waals surface area contributed by atoms with E-state index in [9.17, 15) is 4.79 Å². The molecule has 0 atom stereocenters. The molecule has 23 heavy (non-hydrogen) atoms. The molecule has 0 saturated heterocycles. The van der Waals surface area contributed by atoms with Crippen LogP contribution in [0.4, 0.5) is 0 Å². The molecule has 2 rings (SSSR count). The second-order valence-electron chi connectivity index (χ2n) is 6.05. The summed E-state index contributed by atoms with van der Waals surface area (Å²) >= 11 is 0. The van der Waals surface area contributed by atoms with Gasteiger partial charge in [-0.2, -0.15) is 0 Å². The first-order valence-corrected chi connectivity index (χ1v) is 7.83. The molecule has 0 bridgehead atoms. The highest BCUT2D eigenvalue weighted by Gasteiger charge is 2.16. The maximum absolute atomic E-state index is 11.5. The number of benzene rings is 1. The third-order valence-corrected chi connectivity index (χ3v) is 4.12. The molecule has 5 heteroatoms. The summed E-state index contributed by atoms with van der Waals surface area (Å²) in [5.41, 5.74) is 3.56. The fourth-order valence-electron chi connectivity index (χ4n) is 2.94. The number of rotatable bonds is 7. The highest BCUT2D eigenvalue weighted by molar-refractivity contribution is 5.92. The van der Waals surface area contributed by atoms with E-state index in [1.807, 2.05) is 19.2 Å². The molecule has 5 nitrogen and oxygen atoms in total. The van der Waals surface area contributed by atoms with E-state index in [-0.39, 0.29) is 5.97 Å². The number of nitrogens with zero attached hydrogens (tertiary/aromatic N) is 2. The van der Waals surface area contributed by atoms with Crippen molar-refractivity contribution in [1.82, 2.24) is 9.47 Å². The van der Waals surface area contributed by atoms with Gasteiger partial charge in [-0.25, -0.2) is 0 Å². The zero-order valence-corrected chi connectivity index (χ0v) is 14.7. The van der Waals surface area contributed by atoms with Crippen molar-refractivity contribution in [2.24, 2.45) is 7.05 Å². The number of hydrogen-bond donors (Lipinski definition) is 0. The Bertz CT molecular complexity index is 689. The lowest BCUT2D eigenvalue weighted by atomic mass is 10.0. The molecule has 1 aromatic carbocycles.